The molecule has 0 bridgehead atoms. The lowest BCUT2D eigenvalue weighted by molar-refractivity contribution is -0.152. The van der Waals surface area contributed by atoms with Gasteiger partial charge in [-0.2, -0.15) is 0 Å². The number of nitrogens with one attached hydrogen (secondary N) is 1. The van der Waals surface area contributed by atoms with Gasteiger partial charge in [-0.15, -0.1) is 0 Å². The van der Waals surface area contributed by atoms with Crippen molar-refractivity contribution >= 4 is 18.0 Å². The topological polar surface area (TPSA) is 114 Å². The minimum absolute atomic E-state index is 0.0215. The summed E-state index contributed by atoms with van der Waals surface area (Å²) in [5, 5.41) is 12.1. The molecule has 9 heteroatoms. The summed E-state index contributed by atoms with van der Waals surface area (Å²) < 4.78 is 16.5. The number of carbonyl (C=O) groups excluding carboxylic acids is 3. The highest BCUT2D eigenvalue weighted by Gasteiger charge is 2.46. The van der Waals surface area contributed by atoms with Crippen LogP contribution in [0.4, 0.5) is 4.79 Å². The van der Waals surface area contributed by atoms with Crippen molar-refractivity contribution in [2.24, 2.45) is 5.92 Å². The van der Waals surface area contributed by atoms with Gasteiger partial charge in [0.25, 0.3) is 0 Å². The molecule has 9 nitrogen and oxygen atoms in total. The number of likely N-dealkylation sites (tertiary alicyclic amines) is 1. The maximum Gasteiger partial charge on any atom is 0.408 e. The van der Waals surface area contributed by atoms with Crippen LogP contribution in [0.5, 0.6) is 0 Å². The summed E-state index contributed by atoms with van der Waals surface area (Å²) >= 11 is 0. The Morgan fingerprint density at radius 1 is 1.09 bits per heavy atom. The van der Waals surface area contributed by atoms with Crippen molar-refractivity contribution in [3.05, 3.63) is 0 Å². The van der Waals surface area contributed by atoms with Gasteiger partial charge in [-0.05, 0) is 59.8 Å². The van der Waals surface area contributed by atoms with E-state index in [0.29, 0.717) is 12.8 Å². The third-order valence-electron chi connectivity index (χ3n) is 6.28. The van der Waals surface area contributed by atoms with Crippen LogP contribution in [0.3, 0.4) is 0 Å². The number of methoxy groups -OCH3 is 1. The molecule has 1 aliphatic heterocycles. The molecule has 33 heavy (non-hydrogen) atoms. The van der Waals surface area contributed by atoms with Crippen molar-refractivity contribution in [1.29, 1.82) is 0 Å². The van der Waals surface area contributed by atoms with Crippen LogP contribution in [0.15, 0.2) is 0 Å². The summed E-state index contributed by atoms with van der Waals surface area (Å²) in [6.45, 7) is 9.25. The molecule has 0 aromatic rings. The van der Waals surface area contributed by atoms with E-state index in [9.17, 15) is 19.5 Å². The number of aliphatic hydroxyl groups is 1. The predicted molar refractivity (Wildman–Crippen MR) is 123 cm³/mol. The number of aliphatic hydroxyl groups excluding tert-OH is 1. The third kappa shape index (κ3) is 8.14. The molecule has 2 rings (SSSR count). The van der Waals surface area contributed by atoms with Crippen LogP contribution in [-0.2, 0) is 23.8 Å². The predicted octanol–water partition coefficient (Wildman–Crippen LogP) is 2.78. The first-order valence-electron chi connectivity index (χ1n) is 12.0. The largest absolute Gasteiger partial charge is 0.467 e. The monoisotopic (exact) mass is 470 g/mol. The van der Waals surface area contributed by atoms with Gasteiger partial charge in [0.15, 0.2) is 0 Å². The quantitative estimate of drug-likeness (QED) is 0.524. The number of hydrogen-bond acceptors (Lipinski definition) is 7. The number of nitrogens with zero attached hydrogens (tertiary/aromatic N) is 1. The molecule has 0 aromatic heterocycles. The highest BCUT2D eigenvalue weighted by molar-refractivity contribution is 5.90. The van der Waals surface area contributed by atoms with Crippen molar-refractivity contribution in [2.75, 3.05) is 20.3 Å². The van der Waals surface area contributed by atoms with Crippen LogP contribution in [0.2, 0.25) is 0 Å². The minimum Gasteiger partial charge on any atom is -0.467 e. The van der Waals surface area contributed by atoms with Gasteiger partial charge >= 0.3 is 12.1 Å². The molecule has 2 fully saturated rings. The average Bonchev–Trinajstić information content (AvgIpc) is 3.13. The molecule has 1 aliphatic carbocycles. The van der Waals surface area contributed by atoms with Crippen LogP contribution < -0.4 is 5.32 Å². The van der Waals surface area contributed by atoms with Crippen molar-refractivity contribution in [3.63, 3.8) is 0 Å². The lowest BCUT2D eigenvalue weighted by Crippen LogP contribution is -2.55. The van der Waals surface area contributed by atoms with E-state index in [2.05, 4.69) is 5.32 Å². The summed E-state index contributed by atoms with van der Waals surface area (Å²) in [5.74, 6) is -0.842. The Balaban J connectivity index is 2.24. The SMILES string of the molecule is COC(=O)C1C[C@@H](OC(C)(C)CCO)CN1C(=O)[C@@H](NC(=O)OC(C)(C)C)C1CCCCC1. The van der Waals surface area contributed by atoms with Crippen LogP contribution in [0.1, 0.15) is 79.6 Å². The van der Waals surface area contributed by atoms with Gasteiger partial charge in [0, 0.05) is 19.6 Å². The second-order valence-electron chi connectivity index (χ2n) is 10.8. The van der Waals surface area contributed by atoms with E-state index in [1.807, 2.05) is 13.8 Å². The maximum absolute atomic E-state index is 13.8. The standard InChI is InChI=1S/C24H42N2O7/c1-23(2,3)33-22(30)25-19(16-10-8-7-9-11-16)20(28)26-15-17(14-18(26)21(29)31-6)32-24(4,5)12-13-27/h16-19,27H,7-15H2,1-6H3,(H,25,30)/t17-,18?,19+/m1/s1. The Labute approximate surface area is 197 Å². The first-order valence-corrected chi connectivity index (χ1v) is 12.0. The average molecular weight is 471 g/mol. The Morgan fingerprint density at radius 3 is 2.27 bits per heavy atom. The zero-order valence-corrected chi connectivity index (χ0v) is 21.0. The van der Waals surface area contributed by atoms with Crippen LogP contribution >= 0.6 is 0 Å². The van der Waals surface area contributed by atoms with Gasteiger partial charge in [0.05, 0.1) is 18.8 Å². The number of rotatable bonds is 8. The maximum atomic E-state index is 13.8. The summed E-state index contributed by atoms with van der Waals surface area (Å²) in [5.41, 5.74) is -1.29. The zero-order valence-electron chi connectivity index (χ0n) is 21.0. The molecule has 190 valence electrons. The fourth-order valence-electron chi connectivity index (χ4n) is 4.73. The van der Waals surface area contributed by atoms with E-state index in [1.54, 1.807) is 20.8 Å². The number of hydrogen-bond donors (Lipinski definition) is 2. The molecule has 2 aliphatic rings. The van der Waals surface area contributed by atoms with Crippen molar-refractivity contribution in [1.82, 2.24) is 10.2 Å². The Bertz CT molecular complexity index is 683. The Morgan fingerprint density at radius 2 is 1.73 bits per heavy atom. The Hall–Kier alpha value is -1.87. The fourth-order valence-corrected chi connectivity index (χ4v) is 4.73. The van der Waals surface area contributed by atoms with E-state index in [1.165, 1.54) is 12.0 Å². The van der Waals surface area contributed by atoms with E-state index in [4.69, 9.17) is 14.2 Å². The molecule has 1 unspecified atom stereocenters. The van der Waals surface area contributed by atoms with Gasteiger partial charge in [-0.3, -0.25) is 4.79 Å². The lowest BCUT2D eigenvalue weighted by Gasteiger charge is -2.34. The van der Waals surface area contributed by atoms with E-state index >= 15 is 0 Å². The van der Waals surface area contributed by atoms with Gasteiger partial charge < -0.3 is 29.5 Å². The van der Waals surface area contributed by atoms with Crippen LogP contribution in [-0.4, -0.2) is 77.6 Å². The second kappa shape index (κ2) is 11.5. The molecule has 1 saturated carbocycles. The van der Waals surface area contributed by atoms with Crippen molar-refractivity contribution < 1.29 is 33.7 Å². The van der Waals surface area contributed by atoms with E-state index in [-0.39, 0.29) is 31.1 Å². The molecule has 1 saturated heterocycles. The third-order valence-corrected chi connectivity index (χ3v) is 6.28. The zero-order chi connectivity index (χ0) is 24.8. The van der Waals surface area contributed by atoms with Gasteiger partial charge in [0.2, 0.25) is 5.91 Å². The summed E-state index contributed by atoms with van der Waals surface area (Å²) in [7, 11) is 1.30. The minimum atomic E-state index is -0.788. The molecular weight excluding hydrogens is 428 g/mol. The summed E-state index contributed by atoms with van der Waals surface area (Å²) in [6.07, 6.45) is 4.46. The summed E-state index contributed by atoms with van der Waals surface area (Å²) in [6, 6.07) is -1.57. The molecule has 0 spiro atoms. The number of carbonyl (C=O) groups is 3. The molecular formula is C24H42N2O7. The highest BCUT2D eigenvalue weighted by Crippen LogP contribution is 2.31. The lowest BCUT2D eigenvalue weighted by atomic mass is 9.83. The number of ether oxygens (including phenoxy) is 3. The normalized spacial score (nSPS) is 23.2. The van der Waals surface area contributed by atoms with E-state index in [0.717, 1.165) is 32.1 Å². The van der Waals surface area contributed by atoms with Crippen molar-refractivity contribution in [3.8, 4) is 0 Å². The van der Waals surface area contributed by atoms with Gasteiger partial charge in [-0.25, -0.2) is 9.59 Å². The summed E-state index contributed by atoms with van der Waals surface area (Å²) in [4.78, 5) is 40.4. The Kier molecular flexibility index (Phi) is 9.55. The molecule has 2 amide bonds. The first kappa shape index (κ1) is 27.4. The number of alkyl carbamates (subject to hydrolysis) is 1. The molecule has 3 atom stereocenters. The highest BCUT2D eigenvalue weighted by atomic mass is 16.6. The van der Waals surface area contributed by atoms with Gasteiger partial charge in [-0.1, -0.05) is 19.3 Å². The van der Waals surface area contributed by atoms with Crippen LogP contribution in [0, 0.1) is 5.92 Å². The molecule has 0 aromatic carbocycles. The molecule has 1 heterocycles. The molecule has 2 N–H and O–H groups in total. The fraction of sp³-hybridized carbons (Fsp3) is 0.875. The second-order valence-corrected chi connectivity index (χ2v) is 10.8. The molecule has 0 radical (unpaired) electrons. The number of amides is 2. The van der Waals surface area contributed by atoms with Crippen LogP contribution in [0.25, 0.3) is 0 Å². The number of esters is 1. The van der Waals surface area contributed by atoms with Crippen molar-refractivity contribution in [2.45, 2.75) is 109 Å². The first-order chi connectivity index (χ1) is 15.4. The van der Waals surface area contributed by atoms with Gasteiger partial charge in [0.1, 0.15) is 17.7 Å². The smallest absolute Gasteiger partial charge is 0.408 e. The van der Waals surface area contributed by atoms with E-state index < -0.39 is 35.3 Å².